The zero-order chi connectivity index (χ0) is 20.2. The molecule has 1 saturated heterocycles. The second kappa shape index (κ2) is 10.4. The minimum absolute atomic E-state index is 0. The number of benzene rings is 2. The molecule has 3 aromatic rings. The first-order chi connectivity index (χ1) is 14.2. The van der Waals surface area contributed by atoms with Crippen LogP contribution in [-0.4, -0.2) is 49.3 Å². The summed E-state index contributed by atoms with van der Waals surface area (Å²) in [5, 5.41) is 0.986. The maximum Gasteiger partial charge on any atom is 0.348 e. The Hall–Kier alpha value is -1.87. The summed E-state index contributed by atoms with van der Waals surface area (Å²) >= 11 is 3.58. The van der Waals surface area contributed by atoms with Crippen LogP contribution < -0.4 is 21.5 Å². The molecule has 8 heteroatoms. The van der Waals surface area contributed by atoms with Gasteiger partial charge in [-0.05, 0) is 23.2 Å². The standard InChI is InChI=1S/C22H23BrN3O3.BrH/c1-28-21(27)15-26-20(14-25-9-11-29-12-10-25)24-19-8-7-17(23)13-18(19)22(26)16-5-3-2-4-6-16;/h2-8,13H,9-12,14-15H2,1H3;1H/q+1;/p-1. The molecule has 0 saturated carbocycles. The molecule has 1 fully saturated rings. The number of carbonyl (C=O) groups is 1. The molecule has 158 valence electrons. The number of hydrogen-bond donors (Lipinski definition) is 0. The molecule has 0 bridgehead atoms. The lowest BCUT2D eigenvalue weighted by Crippen LogP contribution is -3.00. The van der Waals surface area contributed by atoms with E-state index in [4.69, 9.17) is 14.5 Å². The minimum Gasteiger partial charge on any atom is -1.00 e. The average molecular weight is 537 g/mol. The number of carbonyl (C=O) groups excluding carboxylic acids is 1. The van der Waals surface area contributed by atoms with Crippen LogP contribution in [0.2, 0.25) is 0 Å². The van der Waals surface area contributed by atoms with Crippen molar-refractivity contribution in [2.45, 2.75) is 13.1 Å². The van der Waals surface area contributed by atoms with Crippen molar-refractivity contribution >= 4 is 32.8 Å². The van der Waals surface area contributed by atoms with Gasteiger partial charge in [-0.25, -0.2) is 9.36 Å². The predicted molar refractivity (Wildman–Crippen MR) is 113 cm³/mol. The fourth-order valence-corrected chi connectivity index (χ4v) is 3.98. The summed E-state index contributed by atoms with van der Waals surface area (Å²) in [7, 11) is 1.41. The number of esters is 1. The minimum atomic E-state index is -0.299. The highest BCUT2D eigenvalue weighted by Gasteiger charge is 2.28. The third kappa shape index (κ3) is 5.06. The highest BCUT2D eigenvalue weighted by Crippen LogP contribution is 2.28. The van der Waals surface area contributed by atoms with Crippen LogP contribution in [0, 0.1) is 0 Å². The molecule has 0 aliphatic carbocycles. The van der Waals surface area contributed by atoms with Crippen molar-refractivity contribution in [3.63, 3.8) is 0 Å². The molecule has 1 aliphatic heterocycles. The number of methoxy groups -OCH3 is 1. The monoisotopic (exact) mass is 535 g/mol. The molecule has 1 aromatic heterocycles. The number of nitrogens with zero attached hydrogens (tertiary/aromatic N) is 3. The summed E-state index contributed by atoms with van der Waals surface area (Å²) in [6, 6.07) is 16.2. The van der Waals surface area contributed by atoms with E-state index in [1.807, 2.05) is 34.9 Å². The zero-order valence-electron chi connectivity index (χ0n) is 16.7. The highest BCUT2D eigenvalue weighted by molar-refractivity contribution is 9.10. The van der Waals surface area contributed by atoms with Crippen LogP contribution in [0.4, 0.5) is 0 Å². The Morgan fingerprint density at radius 3 is 2.63 bits per heavy atom. The van der Waals surface area contributed by atoms with Crippen LogP contribution >= 0.6 is 15.9 Å². The Morgan fingerprint density at radius 2 is 1.93 bits per heavy atom. The summed E-state index contributed by atoms with van der Waals surface area (Å²) in [6.07, 6.45) is 0. The van der Waals surface area contributed by atoms with E-state index in [0.29, 0.717) is 19.8 Å². The molecule has 0 spiro atoms. The van der Waals surface area contributed by atoms with Gasteiger partial charge in [0.15, 0.2) is 12.1 Å². The van der Waals surface area contributed by atoms with Crippen molar-refractivity contribution in [3.05, 3.63) is 58.8 Å². The highest BCUT2D eigenvalue weighted by atomic mass is 79.9. The SMILES string of the molecule is COC(=O)C[n+]1c(CN2CCOCC2)nc2ccc(Br)cc2c1-c1ccccc1.[Br-]. The first-order valence-corrected chi connectivity index (χ1v) is 10.4. The number of morpholine rings is 1. The Balaban J connectivity index is 0.00000256. The fourth-order valence-electron chi connectivity index (χ4n) is 3.62. The summed E-state index contributed by atoms with van der Waals surface area (Å²) in [5.74, 6) is 0.539. The maximum absolute atomic E-state index is 12.3. The first-order valence-electron chi connectivity index (χ1n) is 9.60. The van der Waals surface area contributed by atoms with E-state index in [-0.39, 0.29) is 29.5 Å². The molecule has 0 atom stereocenters. The van der Waals surface area contributed by atoms with Crippen molar-refractivity contribution in [2.24, 2.45) is 0 Å². The van der Waals surface area contributed by atoms with E-state index in [9.17, 15) is 4.79 Å². The molecule has 4 rings (SSSR count). The van der Waals surface area contributed by atoms with Gasteiger partial charge in [-0.2, -0.15) is 0 Å². The van der Waals surface area contributed by atoms with Crippen LogP contribution in [0.3, 0.4) is 0 Å². The fraction of sp³-hybridized carbons (Fsp3) is 0.318. The molecule has 2 heterocycles. The van der Waals surface area contributed by atoms with Crippen LogP contribution in [0.25, 0.3) is 22.2 Å². The van der Waals surface area contributed by atoms with Gasteiger partial charge in [-0.3, -0.25) is 4.90 Å². The second-order valence-electron chi connectivity index (χ2n) is 6.95. The topological polar surface area (TPSA) is 55.5 Å². The predicted octanol–water partition coefficient (Wildman–Crippen LogP) is -0.0390. The number of ether oxygens (including phenoxy) is 2. The lowest BCUT2D eigenvalue weighted by atomic mass is 10.1. The third-order valence-corrected chi connectivity index (χ3v) is 5.57. The van der Waals surface area contributed by atoms with Gasteiger partial charge in [0, 0.05) is 23.1 Å². The Kier molecular flexibility index (Phi) is 7.93. The Morgan fingerprint density at radius 1 is 1.20 bits per heavy atom. The van der Waals surface area contributed by atoms with Gasteiger partial charge >= 0.3 is 11.8 Å². The van der Waals surface area contributed by atoms with Crippen LogP contribution in [-0.2, 0) is 27.4 Å². The molecular weight excluding hydrogens is 514 g/mol. The second-order valence-corrected chi connectivity index (χ2v) is 7.87. The van der Waals surface area contributed by atoms with Crippen molar-refractivity contribution in [2.75, 3.05) is 33.4 Å². The first kappa shape index (κ1) is 22.8. The molecular formula is C22H23Br2N3O3. The van der Waals surface area contributed by atoms with Crippen molar-refractivity contribution < 1.29 is 35.8 Å². The van der Waals surface area contributed by atoms with E-state index in [1.165, 1.54) is 7.11 Å². The summed E-state index contributed by atoms with van der Waals surface area (Å²) < 4.78 is 13.4. The lowest BCUT2D eigenvalue weighted by Gasteiger charge is -2.25. The van der Waals surface area contributed by atoms with E-state index >= 15 is 0 Å². The van der Waals surface area contributed by atoms with Crippen LogP contribution in [0.15, 0.2) is 53.0 Å². The number of rotatable bonds is 5. The maximum atomic E-state index is 12.3. The van der Waals surface area contributed by atoms with Crippen molar-refractivity contribution in [3.8, 4) is 11.3 Å². The van der Waals surface area contributed by atoms with Crippen molar-refractivity contribution in [1.29, 1.82) is 0 Å². The van der Waals surface area contributed by atoms with Gasteiger partial charge < -0.3 is 26.5 Å². The molecule has 30 heavy (non-hydrogen) atoms. The van der Waals surface area contributed by atoms with Crippen LogP contribution in [0.1, 0.15) is 5.82 Å². The molecule has 0 N–H and O–H groups in total. The summed E-state index contributed by atoms with van der Waals surface area (Å²) in [6.45, 7) is 3.87. The Labute approximate surface area is 194 Å². The van der Waals surface area contributed by atoms with E-state index in [2.05, 4.69) is 39.0 Å². The van der Waals surface area contributed by atoms with Gasteiger partial charge in [0.25, 0.3) is 0 Å². The number of halogens is 2. The molecule has 1 aliphatic rings. The van der Waals surface area contributed by atoms with Crippen molar-refractivity contribution in [1.82, 2.24) is 9.88 Å². The lowest BCUT2D eigenvalue weighted by molar-refractivity contribution is -0.685. The summed E-state index contributed by atoms with van der Waals surface area (Å²) in [4.78, 5) is 19.5. The van der Waals surface area contributed by atoms with E-state index < -0.39 is 0 Å². The molecule has 2 aromatic carbocycles. The Bertz CT molecular complexity index is 1030. The molecule has 0 unspecified atom stereocenters. The zero-order valence-corrected chi connectivity index (χ0v) is 19.9. The van der Waals surface area contributed by atoms with Gasteiger partial charge in [0.05, 0.1) is 25.7 Å². The molecule has 6 nitrogen and oxygen atoms in total. The normalized spacial score (nSPS) is 14.3. The van der Waals surface area contributed by atoms with E-state index in [1.54, 1.807) is 0 Å². The summed E-state index contributed by atoms with van der Waals surface area (Å²) in [5.41, 5.74) is 2.90. The van der Waals surface area contributed by atoms with Crippen LogP contribution in [0.5, 0.6) is 0 Å². The number of aromatic nitrogens is 2. The van der Waals surface area contributed by atoms with Gasteiger partial charge in [-0.1, -0.05) is 46.3 Å². The number of fused-ring (bicyclic) bond motifs is 1. The smallest absolute Gasteiger partial charge is 0.348 e. The molecule has 0 radical (unpaired) electrons. The van der Waals surface area contributed by atoms with Gasteiger partial charge in [0.2, 0.25) is 0 Å². The average Bonchev–Trinajstić information content (AvgIpc) is 2.75. The quantitative estimate of drug-likeness (QED) is 0.338. The van der Waals surface area contributed by atoms with E-state index in [0.717, 1.165) is 45.5 Å². The van der Waals surface area contributed by atoms with Gasteiger partial charge in [-0.15, -0.1) is 0 Å². The molecule has 0 amide bonds. The largest absolute Gasteiger partial charge is 1.00 e. The third-order valence-electron chi connectivity index (χ3n) is 5.08. The van der Waals surface area contributed by atoms with Gasteiger partial charge in [0.1, 0.15) is 12.2 Å². The number of hydrogen-bond acceptors (Lipinski definition) is 5.